The number of nitrogen functional groups attached to an aromatic ring is 1. The van der Waals surface area contributed by atoms with E-state index in [4.69, 9.17) is 31.7 Å². The molecule has 2 aromatic carbocycles. The number of pyridine rings is 1. The first-order valence-corrected chi connectivity index (χ1v) is 16.0. The van der Waals surface area contributed by atoms with E-state index in [0.29, 0.717) is 64.1 Å². The first-order chi connectivity index (χ1) is 24.0. The van der Waals surface area contributed by atoms with E-state index in [1.807, 2.05) is 44.7 Å². The highest BCUT2D eigenvalue weighted by Crippen LogP contribution is 2.43. The van der Waals surface area contributed by atoms with Gasteiger partial charge < -0.3 is 25.1 Å². The van der Waals surface area contributed by atoms with E-state index in [1.54, 1.807) is 34.1 Å². The average molecular weight is 729 g/mol. The van der Waals surface area contributed by atoms with Crippen LogP contribution in [-0.4, -0.2) is 68.3 Å². The van der Waals surface area contributed by atoms with E-state index >= 15 is 0 Å². The zero-order chi connectivity index (χ0) is 37.5. The summed E-state index contributed by atoms with van der Waals surface area (Å²) in [5, 5.41) is 8.28. The summed E-state index contributed by atoms with van der Waals surface area (Å²) in [5.41, 5.74) is 9.79. The zero-order valence-corrected chi connectivity index (χ0v) is 28.6. The molecule has 1 atom stereocenters. The molecule has 1 saturated heterocycles. The molecule has 16 heteroatoms. The van der Waals surface area contributed by atoms with Gasteiger partial charge in [-0.1, -0.05) is 32.0 Å². The molecule has 3 N–H and O–H groups in total. The summed E-state index contributed by atoms with van der Waals surface area (Å²) in [5.74, 6) is -3.14. The number of aryl methyl sites for hydroxylation is 1. The van der Waals surface area contributed by atoms with Gasteiger partial charge in [0.1, 0.15) is 17.2 Å². The number of amides is 1. The molecular formula is C35H33ClF4N6O5. The van der Waals surface area contributed by atoms with E-state index < -0.39 is 23.7 Å². The lowest BCUT2D eigenvalue weighted by Crippen LogP contribution is -2.54. The lowest BCUT2D eigenvalue weighted by atomic mass is 9.97. The summed E-state index contributed by atoms with van der Waals surface area (Å²) in [4.78, 5) is 48.6. The molecule has 11 nitrogen and oxygen atoms in total. The molecule has 0 aliphatic carbocycles. The number of carboxylic acid groups (broad SMARTS) is 1. The molecule has 3 aromatic heterocycles. The van der Waals surface area contributed by atoms with E-state index in [2.05, 4.69) is 16.5 Å². The van der Waals surface area contributed by atoms with Crippen molar-refractivity contribution in [3.63, 3.8) is 0 Å². The molecule has 0 bridgehead atoms. The number of fused-ring (bicyclic) bond motifs is 3. The number of anilines is 2. The number of benzene rings is 2. The third-order valence-electron chi connectivity index (χ3n) is 8.47. The van der Waals surface area contributed by atoms with Crippen LogP contribution in [0.3, 0.4) is 0 Å². The van der Waals surface area contributed by atoms with Crippen molar-refractivity contribution in [1.82, 2.24) is 19.4 Å². The van der Waals surface area contributed by atoms with Crippen molar-refractivity contribution in [3.05, 3.63) is 88.0 Å². The number of aliphatic carboxylic acids is 1. The normalized spacial score (nSPS) is 14.9. The molecule has 6 rings (SSSR count). The van der Waals surface area contributed by atoms with Crippen LogP contribution in [0.25, 0.3) is 38.7 Å². The number of carbonyl (C=O) groups excluding carboxylic acids is 1. The predicted octanol–water partition coefficient (Wildman–Crippen LogP) is 6.86. The molecule has 51 heavy (non-hydrogen) atoms. The monoisotopic (exact) mass is 728 g/mol. The van der Waals surface area contributed by atoms with Gasteiger partial charge in [0.05, 0.1) is 33.6 Å². The smallest absolute Gasteiger partial charge is 0.475 e. The Morgan fingerprint density at radius 1 is 1.18 bits per heavy atom. The number of carbonyl (C=O) groups is 2. The molecule has 268 valence electrons. The summed E-state index contributed by atoms with van der Waals surface area (Å²) in [6.45, 7) is 12.8. The highest BCUT2D eigenvalue weighted by molar-refractivity contribution is 6.34. The van der Waals surface area contributed by atoms with Crippen molar-refractivity contribution in [2.24, 2.45) is 0 Å². The molecule has 1 amide bonds. The predicted molar refractivity (Wildman–Crippen MR) is 186 cm³/mol. The first kappa shape index (κ1) is 36.8. The van der Waals surface area contributed by atoms with Gasteiger partial charge in [-0.05, 0) is 67.3 Å². The highest BCUT2D eigenvalue weighted by Gasteiger charge is 2.38. The van der Waals surface area contributed by atoms with Crippen LogP contribution in [0.15, 0.2) is 64.7 Å². The molecule has 1 aliphatic heterocycles. The molecule has 0 saturated carbocycles. The second-order valence-corrected chi connectivity index (χ2v) is 12.6. The average Bonchev–Trinajstić information content (AvgIpc) is 3.55. The number of hydrogen-bond acceptors (Lipinski definition) is 8. The van der Waals surface area contributed by atoms with Gasteiger partial charge in [0.2, 0.25) is 5.91 Å². The van der Waals surface area contributed by atoms with Gasteiger partial charge in [-0.2, -0.15) is 18.2 Å². The van der Waals surface area contributed by atoms with Gasteiger partial charge in [-0.25, -0.2) is 14.0 Å². The number of nitrogens with two attached hydrogens (primary N) is 1. The second-order valence-electron chi connectivity index (χ2n) is 12.2. The summed E-state index contributed by atoms with van der Waals surface area (Å²) < 4.78 is 54.3. The lowest BCUT2D eigenvalue weighted by Gasteiger charge is -2.40. The largest absolute Gasteiger partial charge is 0.490 e. The molecule has 0 radical (unpaired) electrons. The number of alkyl halides is 3. The van der Waals surface area contributed by atoms with Crippen molar-refractivity contribution in [3.8, 4) is 16.8 Å². The quantitative estimate of drug-likeness (QED) is 0.113. The number of piperazine rings is 1. The Balaban J connectivity index is 0.000000654. The van der Waals surface area contributed by atoms with Crippen LogP contribution in [0.2, 0.25) is 5.02 Å². The SMILES string of the molecule is C=CC(=O)N1CCN(c2nc(=O)n(-c3c(C)ccnc3C(C)C)c3cc(-c4cc(N)cc(F)c4Cl)c4ccoc4c23)[C@@H](C)C1.O=C(O)C(F)(F)F. The second kappa shape index (κ2) is 14.1. The van der Waals surface area contributed by atoms with Gasteiger partial charge in [-0.15, -0.1) is 0 Å². The van der Waals surface area contributed by atoms with Gasteiger partial charge >= 0.3 is 17.8 Å². The van der Waals surface area contributed by atoms with Gasteiger partial charge in [-0.3, -0.25) is 14.3 Å². The van der Waals surface area contributed by atoms with Crippen LogP contribution in [0.1, 0.15) is 37.9 Å². The van der Waals surface area contributed by atoms with Crippen LogP contribution in [0.5, 0.6) is 0 Å². The maximum absolute atomic E-state index is 14.9. The molecule has 4 heterocycles. The molecule has 5 aromatic rings. The highest BCUT2D eigenvalue weighted by atomic mass is 35.5. The Bertz CT molecular complexity index is 2250. The molecule has 1 aliphatic rings. The Labute approximate surface area is 293 Å². The number of furan rings is 1. The van der Waals surface area contributed by atoms with Crippen molar-refractivity contribution >= 4 is 56.9 Å². The van der Waals surface area contributed by atoms with Gasteiger partial charge in [0, 0.05) is 48.5 Å². The van der Waals surface area contributed by atoms with Crippen LogP contribution >= 0.6 is 11.6 Å². The summed E-state index contributed by atoms with van der Waals surface area (Å²) in [6.07, 6.45) is -0.513. The van der Waals surface area contributed by atoms with Gasteiger partial charge in [0.25, 0.3) is 0 Å². The fourth-order valence-electron chi connectivity index (χ4n) is 6.15. The van der Waals surface area contributed by atoms with Crippen LogP contribution in [0.4, 0.5) is 29.1 Å². The van der Waals surface area contributed by atoms with Crippen LogP contribution < -0.4 is 16.3 Å². The number of aromatic nitrogens is 3. The van der Waals surface area contributed by atoms with E-state index in [-0.39, 0.29) is 28.6 Å². The Morgan fingerprint density at radius 3 is 2.47 bits per heavy atom. The minimum Gasteiger partial charge on any atom is -0.475 e. The fourth-order valence-corrected chi connectivity index (χ4v) is 6.36. The maximum Gasteiger partial charge on any atom is 0.490 e. The minimum atomic E-state index is -5.08. The van der Waals surface area contributed by atoms with E-state index in [9.17, 15) is 27.2 Å². The van der Waals surface area contributed by atoms with Crippen molar-refractivity contribution in [1.29, 1.82) is 0 Å². The van der Waals surface area contributed by atoms with Crippen molar-refractivity contribution < 1.29 is 36.7 Å². The van der Waals surface area contributed by atoms with Crippen LogP contribution in [-0.2, 0) is 9.59 Å². The first-order valence-electron chi connectivity index (χ1n) is 15.6. The Kier molecular flexibility index (Phi) is 10.2. The fraction of sp³-hybridized carbons (Fsp3) is 0.286. The summed E-state index contributed by atoms with van der Waals surface area (Å²) in [6, 6.07) is 8.05. The van der Waals surface area contributed by atoms with Crippen molar-refractivity contribution in [2.75, 3.05) is 30.3 Å². The number of rotatable bonds is 5. The summed E-state index contributed by atoms with van der Waals surface area (Å²) >= 11 is 6.52. The van der Waals surface area contributed by atoms with E-state index in [1.165, 1.54) is 12.1 Å². The summed E-state index contributed by atoms with van der Waals surface area (Å²) in [7, 11) is 0. The number of hydrogen-bond donors (Lipinski definition) is 2. The number of halogens is 5. The standard InChI is InChI=1S/C33H32ClFN6O3.C2HF3O2/c1-6-26(42)39-10-11-40(19(5)16-39)32-27-25(41(33(43)38-32)30-18(4)7-9-37-29(30)17(2)3)15-22(21-8-12-44-31(21)27)23-13-20(36)14-24(35)28(23)34;3-2(4,5)1(6)7/h6-9,12-15,17,19H,1,10-11,16,36H2,2-5H3;(H,6,7)/t19-;/m0./s1. The van der Waals surface area contributed by atoms with Crippen molar-refractivity contribution in [2.45, 2.75) is 45.8 Å². The van der Waals surface area contributed by atoms with Gasteiger partial charge in [0.15, 0.2) is 0 Å². The third kappa shape index (κ3) is 6.98. The minimum absolute atomic E-state index is 0.00806. The third-order valence-corrected chi connectivity index (χ3v) is 8.85. The molecule has 0 spiro atoms. The van der Waals surface area contributed by atoms with E-state index in [0.717, 1.165) is 11.3 Å². The molecule has 1 fully saturated rings. The molecule has 0 unspecified atom stereocenters. The number of nitrogens with zero attached hydrogens (tertiary/aromatic N) is 5. The molecular weight excluding hydrogens is 696 g/mol. The lowest BCUT2D eigenvalue weighted by molar-refractivity contribution is -0.192. The Morgan fingerprint density at radius 2 is 1.86 bits per heavy atom. The Hall–Kier alpha value is -5.44. The number of carboxylic acids is 1. The zero-order valence-electron chi connectivity index (χ0n) is 27.9. The topological polar surface area (TPSA) is 148 Å². The van der Waals surface area contributed by atoms with Crippen LogP contribution in [0, 0.1) is 12.7 Å². The maximum atomic E-state index is 14.9.